The highest BCUT2D eigenvalue weighted by Crippen LogP contribution is 2.41. The maximum Gasteiger partial charge on any atom is 0.258 e. The number of anilines is 2. The molecule has 5 rings (SSSR count). The zero-order valence-electron chi connectivity index (χ0n) is 16.9. The van der Waals surface area contributed by atoms with Crippen LogP contribution in [0.1, 0.15) is 21.5 Å². The van der Waals surface area contributed by atoms with Gasteiger partial charge in [-0.25, -0.2) is 0 Å². The number of amides is 2. The van der Waals surface area contributed by atoms with E-state index < -0.39 is 5.91 Å². The number of hydrogen-bond donors (Lipinski definition) is 2. The minimum atomic E-state index is -0.420. The molecule has 2 amide bonds. The van der Waals surface area contributed by atoms with Crippen LogP contribution in [0.15, 0.2) is 83.3 Å². The van der Waals surface area contributed by atoms with Crippen molar-refractivity contribution in [3.05, 3.63) is 95.6 Å². The average Bonchev–Trinajstić information content (AvgIpc) is 3.38. The monoisotopic (exact) mass is 419 g/mol. The smallest absolute Gasteiger partial charge is 0.258 e. The first-order chi connectivity index (χ1) is 15.6. The number of rotatable bonds is 4. The van der Waals surface area contributed by atoms with Gasteiger partial charge in [-0.15, -0.1) is 0 Å². The summed E-state index contributed by atoms with van der Waals surface area (Å²) >= 11 is 0. The second-order valence-electron chi connectivity index (χ2n) is 7.41. The normalized spacial score (nSPS) is 12.0. The highest BCUT2D eigenvalue weighted by atomic mass is 16.4. The molecule has 6 nitrogen and oxygen atoms in total. The van der Waals surface area contributed by atoms with Gasteiger partial charge in [0.1, 0.15) is 17.4 Å². The first-order valence-electron chi connectivity index (χ1n) is 10.1. The maximum atomic E-state index is 13.0. The second kappa shape index (κ2) is 7.89. The van der Waals surface area contributed by atoms with Crippen LogP contribution in [0, 0.1) is 11.3 Å². The van der Waals surface area contributed by atoms with E-state index >= 15 is 0 Å². The third-order valence-electron chi connectivity index (χ3n) is 5.34. The van der Waals surface area contributed by atoms with Crippen LogP contribution in [-0.4, -0.2) is 11.8 Å². The predicted octanol–water partition coefficient (Wildman–Crippen LogP) is 5.23. The van der Waals surface area contributed by atoms with E-state index in [1.54, 1.807) is 18.2 Å². The number of nitrogens with zero attached hydrogens (tertiary/aromatic N) is 1. The molecular weight excluding hydrogens is 402 g/mol. The fraction of sp³-hybridized carbons (Fsp3) is 0.0385. The first kappa shape index (κ1) is 19.3. The average molecular weight is 419 g/mol. The largest absolute Gasteiger partial charge is 0.438 e. The Hall–Kier alpha value is -4.63. The third kappa shape index (κ3) is 3.42. The van der Waals surface area contributed by atoms with E-state index in [0.29, 0.717) is 22.6 Å². The molecule has 0 radical (unpaired) electrons. The van der Waals surface area contributed by atoms with E-state index in [0.717, 1.165) is 16.7 Å². The summed E-state index contributed by atoms with van der Waals surface area (Å²) in [5.74, 6) is 0.0734. The molecule has 0 spiro atoms. The van der Waals surface area contributed by atoms with Gasteiger partial charge in [0, 0.05) is 22.4 Å². The van der Waals surface area contributed by atoms with Gasteiger partial charge in [0.05, 0.1) is 6.42 Å². The third-order valence-corrected chi connectivity index (χ3v) is 5.34. The van der Waals surface area contributed by atoms with Gasteiger partial charge in [0.2, 0.25) is 11.8 Å². The van der Waals surface area contributed by atoms with Crippen LogP contribution in [0.4, 0.5) is 11.6 Å². The molecule has 0 bridgehead atoms. The minimum Gasteiger partial charge on any atom is -0.438 e. The van der Waals surface area contributed by atoms with Crippen molar-refractivity contribution in [3.63, 3.8) is 0 Å². The summed E-state index contributed by atoms with van der Waals surface area (Å²) in [7, 11) is 0. The summed E-state index contributed by atoms with van der Waals surface area (Å²) in [6.45, 7) is 0. The second-order valence-corrected chi connectivity index (χ2v) is 7.41. The molecule has 0 atom stereocenters. The lowest BCUT2D eigenvalue weighted by Gasteiger charge is -2.05. The van der Waals surface area contributed by atoms with Crippen molar-refractivity contribution in [3.8, 4) is 28.5 Å². The van der Waals surface area contributed by atoms with Crippen molar-refractivity contribution in [2.45, 2.75) is 6.42 Å². The van der Waals surface area contributed by atoms with Gasteiger partial charge < -0.3 is 9.73 Å². The molecule has 0 saturated heterocycles. The molecule has 0 saturated carbocycles. The lowest BCUT2D eigenvalue weighted by Crippen LogP contribution is -2.12. The molecule has 0 aliphatic carbocycles. The fourth-order valence-electron chi connectivity index (χ4n) is 3.84. The molecule has 154 valence electrons. The molecule has 3 aromatic carbocycles. The quantitative estimate of drug-likeness (QED) is 0.473. The van der Waals surface area contributed by atoms with Crippen LogP contribution in [0.2, 0.25) is 0 Å². The molecule has 1 aromatic heterocycles. The Morgan fingerprint density at radius 3 is 2.34 bits per heavy atom. The van der Waals surface area contributed by atoms with Gasteiger partial charge in [-0.2, -0.15) is 5.26 Å². The summed E-state index contributed by atoms with van der Waals surface area (Å²) in [5.41, 5.74) is 4.33. The van der Waals surface area contributed by atoms with Crippen LogP contribution < -0.4 is 10.6 Å². The molecule has 4 aromatic rings. The number of fused-ring (bicyclic) bond motifs is 1. The van der Waals surface area contributed by atoms with E-state index in [-0.39, 0.29) is 23.8 Å². The zero-order valence-corrected chi connectivity index (χ0v) is 16.9. The lowest BCUT2D eigenvalue weighted by molar-refractivity contribution is -0.115. The van der Waals surface area contributed by atoms with Crippen molar-refractivity contribution in [2.24, 2.45) is 0 Å². The number of furan rings is 1. The summed E-state index contributed by atoms with van der Waals surface area (Å²) in [6.07, 6.45) is 0.233. The molecule has 0 unspecified atom stereocenters. The molecule has 1 aliphatic heterocycles. The van der Waals surface area contributed by atoms with Crippen molar-refractivity contribution in [2.75, 3.05) is 10.6 Å². The van der Waals surface area contributed by atoms with E-state index in [9.17, 15) is 14.9 Å². The Kier molecular flexibility index (Phi) is 4.77. The number of carbonyl (C=O) groups is 2. The van der Waals surface area contributed by atoms with Crippen LogP contribution in [0.3, 0.4) is 0 Å². The summed E-state index contributed by atoms with van der Waals surface area (Å²) < 4.78 is 6.06. The highest BCUT2D eigenvalue weighted by molar-refractivity contribution is 6.07. The van der Waals surface area contributed by atoms with E-state index in [1.807, 2.05) is 60.7 Å². The zero-order chi connectivity index (χ0) is 22.1. The van der Waals surface area contributed by atoms with Crippen molar-refractivity contribution < 1.29 is 14.0 Å². The minimum absolute atomic E-state index is 0.0879. The Morgan fingerprint density at radius 2 is 1.66 bits per heavy atom. The summed E-state index contributed by atoms with van der Waals surface area (Å²) in [6, 6.07) is 26.1. The van der Waals surface area contributed by atoms with Crippen LogP contribution in [0.5, 0.6) is 0 Å². The van der Waals surface area contributed by atoms with Crippen molar-refractivity contribution in [1.82, 2.24) is 0 Å². The predicted molar refractivity (Wildman–Crippen MR) is 121 cm³/mol. The maximum absolute atomic E-state index is 13.0. The SMILES string of the molecule is N#Cc1c(NC(=O)c2ccc3c(c2)CC(=O)N3)oc(-c2ccccc2)c1-c1ccccc1. The molecule has 6 heteroatoms. The van der Waals surface area contributed by atoms with E-state index in [4.69, 9.17) is 4.42 Å². The molecular formula is C26H17N3O3. The van der Waals surface area contributed by atoms with Gasteiger partial charge >= 0.3 is 0 Å². The molecule has 2 N–H and O–H groups in total. The fourth-order valence-corrected chi connectivity index (χ4v) is 3.84. The Morgan fingerprint density at radius 1 is 0.969 bits per heavy atom. The number of nitriles is 1. The number of nitrogens with one attached hydrogen (secondary N) is 2. The molecule has 0 fully saturated rings. The number of carbonyl (C=O) groups excluding carboxylic acids is 2. The molecule has 1 aliphatic rings. The van der Waals surface area contributed by atoms with Gasteiger partial charge in [-0.3, -0.25) is 14.9 Å². The lowest BCUT2D eigenvalue weighted by atomic mass is 9.98. The first-order valence-corrected chi connectivity index (χ1v) is 10.1. The topological polar surface area (TPSA) is 95.1 Å². The van der Waals surface area contributed by atoms with Gasteiger partial charge in [-0.05, 0) is 29.3 Å². The molecule has 32 heavy (non-hydrogen) atoms. The van der Waals surface area contributed by atoms with E-state index in [1.165, 1.54) is 0 Å². The Balaban J connectivity index is 1.57. The molecule has 2 heterocycles. The van der Waals surface area contributed by atoms with Crippen LogP contribution in [-0.2, 0) is 11.2 Å². The van der Waals surface area contributed by atoms with Crippen molar-refractivity contribution >= 4 is 23.4 Å². The number of hydrogen-bond acceptors (Lipinski definition) is 4. The van der Waals surface area contributed by atoms with Crippen LogP contribution >= 0.6 is 0 Å². The van der Waals surface area contributed by atoms with Gasteiger partial charge in [0.25, 0.3) is 5.91 Å². The van der Waals surface area contributed by atoms with Crippen molar-refractivity contribution in [1.29, 1.82) is 5.26 Å². The standard InChI is InChI=1S/C26H17N3O3/c27-15-20-23(16-7-3-1-4-8-16)24(17-9-5-2-6-10-17)32-26(20)29-25(31)18-11-12-21-19(13-18)14-22(30)28-21/h1-13H,14H2,(H,28,30)(H,29,31). The Bertz CT molecular complexity index is 1380. The Labute approximate surface area is 184 Å². The summed E-state index contributed by atoms with van der Waals surface area (Å²) in [4.78, 5) is 24.6. The van der Waals surface area contributed by atoms with E-state index in [2.05, 4.69) is 16.7 Å². The highest BCUT2D eigenvalue weighted by Gasteiger charge is 2.25. The number of benzene rings is 3. The summed E-state index contributed by atoms with van der Waals surface area (Å²) in [5, 5.41) is 15.4. The van der Waals surface area contributed by atoms with Gasteiger partial charge in [0.15, 0.2) is 0 Å². The van der Waals surface area contributed by atoms with Gasteiger partial charge in [-0.1, -0.05) is 60.7 Å². The van der Waals surface area contributed by atoms with Crippen LogP contribution in [0.25, 0.3) is 22.5 Å².